The van der Waals surface area contributed by atoms with E-state index in [9.17, 15) is 9.59 Å². The van der Waals surface area contributed by atoms with Crippen LogP contribution < -0.4 is 5.32 Å². The summed E-state index contributed by atoms with van der Waals surface area (Å²) >= 11 is 1.38. The minimum Gasteiger partial charge on any atom is -0.468 e. The van der Waals surface area contributed by atoms with Crippen molar-refractivity contribution in [2.45, 2.75) is 25.4 Å². The Kier molecular flexibility index (Phi) is 5.15. The van der Waals surface area contributed by atoms with Crippen LogP contribution in [0.15, 0.2) is 30.3 Å². The predicted octanol–water partition coefficient (Wildman–Crippen LogP) is 2.09. The van der Waals surface area contributed by atoms with Gasteiger partial charge in [0.05, 0.1) is 17.8 Å². The molecule has 0 saturated carbocycles. The molecule has 25 heavy (non-hydrogen) atoms. The average Bonchev–Trinajstić information content (AvgIpc) is 3.17. The second-order valence-corrected chi connectivity index (χ2v) is 7.36. The maximum absolute atomic E-state index is 12.8. The first-order valence-electron chi connectivity index (χ1n) is 8.11. The number of hydrogen-bond acceptors (Lipinski definition) is 6. The lowest BCUT2D eigenvalue weighted by Crippen LogP contribution is -2.36. The van der Waals surface area contributed by atoms with Crippen molar-refractivity contribution in [2.75, 3.05) is 20.7 Å². The quantitative estimate of drug-likeness (QED) is 0.847. The van der Waals surface area contributed by atoms with Crippen molar-refractivity contribution in [2.24, 2.45) is 0 Å². The number of rotatable bonds is 4. The van der Waals surface area contributed by atoms with E-state index < -0.39 is 0 Å². The van der Waals surface area contributed by atoms with E-state index in [1.54, 1.807) is 0 Å². The van der Waals surface area contributed by atoms with Gasteiger partial charge in [0.2, 0.25) is 0 Å². The van der Waals surface area contributed by atoms with Crippen molar-refractivity contribution in [3.05, 3.63) is 40.2 Å². The van der Waals surface area contributed by atoms with Crippen LogP contribution in [0.1, 0.15) is 21.1 Å². The fraction of sp³-hybridized carbons (Fsp3) is 0.389. The SMILES string of the molecule is COC(=O)C1CC(NC(=O)c2sc(C)nc2-c2ccccc2)CN1C. The Hall–Kier alpha value is -2.25. The first-order chi connectivity index (χ1) is 12.0. The molecule has 1 N–H and O–H groups in total. The zero-order valence-electron chi connectivity index (χ0n) is 14.5. The molecule has 0 bridgehead atoms. The van der Waals surface area contributed by atoms with Crippen molar-refractivity contribution >= 4 is 23.2 Å². The Morgan fingerprint density at radius 2 is 2.04 bits per heavy atom. The minimum atomic E-state index is -0.313. The molecule has 6 nitrogen and oxygen atoms in total. The van der Waals surface area contributed by atoms with Gasteiger partial charge < -0.3 is 10.1 Å². The summed E-state index contributed by atoms with van der Waals surface area (Å²) < 4.78 is 4.82. The van der Waals surface area contributed by atoms with Crippen LogP contribution in [-0.4, -0.2) is 54.5 Å². The molecule has 2 aromatic rings. The number of benzene rings is 1. The number of likely N-dealkylation sites (tertiary alicyclic amines) is 1. The zero-order chi connectivity index (χ0) is 18.0. The minimum absolute atomic E-state index is 0.0902. The van der Waals surface area contributed by atoms with E-state index in [2.05, 4.69) is 10.3 Å². The van der Waals surface area contributed by atoms with E-state index in [1.165, 1.54) is 18.4 Å². The number of amides is 1. The fourth-order valence-corrected chi connectivity index (χ4v) is 3.98. The lowest BCUT2D eigenvalue weighted by Gasteiger charge is -2.15. The largest absolute Gasteiger partial charge is 0.468 e. The highest BCUT2D eigenvalue weighted by molar-refractivity contribution is 7.14. The molecule has 0 spiro atoms. The van der Waals surface area contributed by atoms with Gasteiger partial charge in [-0.05, 0) is 20.4 Å². The Labute approximate surface area is 150 Å². The lowest BCUT2D eigenvalue weighted by atomic mass is 10.1. The van der Waals surface area contributed by atoms with E-state index in [0.717, 1.165) is 10.6 Å². The summed E-state index contributed by atoms with van der Waals surface area (Å²) in [6.07, 6.45) is 0.549. The molecule has 3 rings (SSSR count). The monoisotopic (exact) mass is 359 g/mol. The number of carbonyl (C=O) groups is 2. The number of aromatic nitrogens is 1. The Morgan fingerprint density at radius 1 is 1.32 bits per heavy atom. The van der Waals surface area contributed by atoms with Crippen molar-refractivity contribution < 1.29 is 14.3 Å². The van der Waals surface area contributed by atoms with E-state index in [-0.39, 0.29) is 24.0 Å². The van der Waals surface area contributed by atoms with E-state index in [0.29, 0.717) is 23.5 Å². The zero-order valence-corrected chi connectivity index (χ0v) is 15.3. The molecule has 1 aromatic carbocycles. The van der Waals surface area contributed by atoms with Gasteiger partial charge in [-0.3, -0.25) is 14.5 Å². The average molecular weight is 359 g/mol. The summed E-state index contributed by atoms with van der Waals surface area (Å²) in [5.74, 6) is -0.411. The Morgan fingerprint density at radius 3 is 2.72 bits per heavy atom. The number of thiazole rings is 1. The molecule has 0 aliphatic carbocycles. The van der Waals surface area contributed by atoms with Crippen molar-refractivity contribution in [1.82, 2.24) is 15.2 Å². The number of nitrogens with zero attached hydrogens (tertiary/aromatic N) is 2. The first-order valence-corrected chi connectivity index (χ1v) is 8.93. The second-order valence-electron chi connectivity index (χ2n) is 6.16. The molecule has 2 atom stereocenters. The van der Waals surface area contributed by atoms with Gasteiger partial charge in [0.1, 0.15) is 10.9 Å². The molecule has 1 fully saturated rings. The number of likely N-dealkylation sites (N-methyl/N-ethyl adjacent to an activating group) is 1. The number of nitrogens with one attached hydrogen (secondary N) is 1. The molecule has 2 unspecified atom stereocenters. The third-order valence-electron chi connectivity index (χ3n) is 4.34. The Bertz CT molecular complexity index is 775. The number of aryl methyl sites for hydroxylation is 1. The van der Waals surface area contributed by atoms with Crippen molar-refractivity contribution in [3.63, 3.8) is 0 Å². The third-order valence-corrected chi connectivity index (χ3v) is 5.31. The van der Waals surface area contributed by atoms with E-state index in [1.807, 2.05) is 49.2 Å². The molecule has 7 heteroatoms. The van der Waals surface area contributed by atoms with Crippen LogP contribution in [0.25, 0.3) is 11.3 Å². The van der Waals surface area contributed by atoms with Crippen molar-refractivity contribution in [1.29, 1.82) is 0 Å². The van der Waals surface area contributed by atoms with Gasteiger partial charge in [-0.1, -0.05) is 30.3 Å². The number of esters is 1. The molecule has 1 amide bonds. The predicted molar refractivity (Wildman–Crippen MR) is 96.6 cm³/mol. The highest BCUT2D eigenvalue weighted by atomic mass is 32.1. The summed E-state index contributed by atoms with van der Waals surface area (Å²) in [7, 11) is 3.24. The number of ether oxygens (including phenoxy) is 1. The standard InChI is InChI=1S/C18H21N3O3S/c1-11-19-15(12-7-5-4-6-8-12)16(25-11)17(22)20-13-9-14(18(23)24-3)21(2)10-13/h4-8,13-14H,9-10H2,1-3H3,(H,20,22). The van der Waals surface area contributed by atoms with Gasteiger partial charge in [-0.2, -0.15) is 0 Å². The Balaban J connectivity index is 1.76. The molecule has 1 aliphatic rings. The summed E-state index contributed by atoms with van der Waals surface area (Å²) in [5.41, 5.74) is 1.63. The van der Waals surface area contributed by atoms with Crippen LogP contribution in [0, 0.1) is 6.92 Å². The molecule has 2 heterocycles. The number of methoxy groups -OCH3 is 1. The van der Waals surface area contributed by atoms with E-state index in [4.69, 9.17) is 4.74 Å². The van der Waals surface area contributed by atoms with Gasteiger partial charge in [-0.25, -0.2) is 4.98 Å². The van der Waals surface area contributed by atoms with Crippen LogP contribution in [0.2, 0.25) is 0 Å². The molecule has 1 aliphatic heterocycles. The normalized spacial score (nSPS) is 20.4. The van der Waals surface area contributed by atoms with Gasteiger partial charge in [0.25, 0.3) is 5.91 Å². The maximum Gasteiger partial charge on any atom is 0.323 e. The van der Waals surface area contributed by atoms with Crippen LogP contribution in [0.4, 0.5) is 0 Å². The number of hydrogen-bond donors (Lipinski definition) is 1. The smallest absolute Gasteiger partial charge is 0.323 e. The van der Waals surface area contributed by atoms with Crippen molar-refractivity contribution in [3.8, 4) is 11.3 Å². The van der Waals surface area contributed by atoms with Gasteiger partial charge in [0, 0.05) is 18.2 Å². The van der Waals surface area contributed by atoms with Crippen LogP contribution in [0.3, 0.4) is 0 Å². The lowest BCUT2D eigenvalue weighted by molar-refractivity contribution is -0.145. The van der Waals surface area contributed by atoms with E-state index >= 15 is 0 Å². The van der Waals surface area contributed by atoms with Crippen LogP contribution in [-0.2, 0) is 9.53 Å². The fourth-order valence-electron chi connectivity index (χ4n) is 3.14. The maximum atomic E-state index is 12.8. The molecule has 1 saturated heterocycles. The molecule has 0 radical (unpaired) electrons. The summed E-state index contributed by atoms with van der Waals surface area (Å²) in [6, 6.07) is 9.28. The topological polar surface area (TPSA) is 71.5 Å². The van der Waals surface area contributed by atoms with Crippen LogP contribution in [0.5, 0.6) is 0 Å². The third kappa shape index (κ3) is 3.72. The molecular weight excluding hydrogens is 338 g/mol. The highest BCUT2D eigenvalue weighted by Gasteiger charge is 2.36. The second kappa shape index (κ2) is 7.33. The molecule has 132 valence electrons. The van der Waals surface area contributed by atoms with Gasteiger partial charge in [-0.15, -0.1) is 11.3 Å². The molecular formula is C18H21N3O3S. The summed E-state index contributed by atoms with van der Waals surface area (Å²) in [4.78, 5) is 31.6. The first kappa shape index (κ1) is 17.6. The van der Waals surface area contributed by atoms with Gasteiger partial charge >= 0.3 is 5.97 Å². The molecule has 1 aromatic heterocycles. The van der Waals surface area contributed by atoms with Crippen LogP contribution >= 0.6 is 11.3 Å². The number of carbonyl (C=O) groups excluding carboxylic acids is 2. The summed E-state index contributed by atoms with van der Waals surface area (Å²) in [5, 5.41) is 3.89. The highest BCUT2D eigenvalue weighted by Crippen LogP contribution is 2.28. The summed E-state index contributed by atoms with van der Waals surface area (Å²) in [6.45, 7) is 2.51. The van der Waals surface area contributed by atoms with Gasteiger partial charge in [0.15, 0.2) is 0 Å².